The van der Waals surface area contributed by atoms with Crippen LogP contribution < -0.4 is 21.1 Å². The van der Waals surface area contributed by atoms with Gasteiger partial charge in [-0.05, 0) is 38.4 Å². The van der Waals surface area contributed by atoms with Crippen LogP contribution in [0.4, 0.5) is 5.69 Å². The van der Waals surface area contributed by atoms with Gasteiger partial charge in [-0.3, -0.25) is 9.59 Å². The Kier molecular flexibility index (Phi) is 13.4. The molecule has 0 spiro atoms. The fourth-order valence-electron chi connectivity index (χ4n) is 1.44. The average Bonchev–Trinajstić information content (AvgIpc) is 2.46. The Bertz CT molecular complexity index is 470. The SMILES string of the molecule is CN(C)CCOc1ccc(NC(=O)CNC(=O)CN)cc1.Cl.Cl. The minimum atomic E-state index is -0.366. The molecule has 1 aromatic carbocycles. The summed E-state index contributed by atoms with van der Waals surface area (Å²) < 4.78 is 5.55. The number of amides is 2. The zero-order chi connectivity index (χ0) is 15.7. The highest BCUT2D eigenvalue weighted by Crippen LogP contribution is 2.15. The van der Waals surface area contributed by atoms with Crippen molar-refractivity contribution in [1.82, 2.24) is 10.2 Å². The first-order valence-electron chi connectivity index (χ1n) is 6.65. The third kappa shape index (κ3) is 10.8. The standard InChI is InChI=1S/C14H22N4O3.2ClH/c1-18(2)7-8-21-12-5-3-11(4-6-12)17-14(20)10-16-13(19)9-15;;/h3-6H,7-10,15H2,1-2H3,(H,16,19)(H,17,20);2*1H. The lowest BCUT2D eigenvalue weighted by molar-refractivity contribution is -0.123. The lowest BCUT2D eigenvalue weighted by Gasteiger charge is -2.11. The van der Waals surface area contributed by atoms with Gasteiger partial charge in [0, 0.05) is 12.2 Å². The number of carbonyl (C=O) groups is 2. The summed E-state index contributed by atoms with van der Waals surface area (Å²) in [6.45, 7) is 1.20. The summed E-state index contributed by atoms with van der Waals surface area (Å²) in [5.74, 6) is 0.0687. The van der Waals surface area contributed by atoms with Gasteiger partial charge in [0.15, 0.2) is 0 Å². The Balaban J connectivity index is 0. The third-order valence-corrected chi connectivity index (χ3v) is 2.58. The van der Waals surface area contributed by atoms with Gasteiger partial charge in [0.05, 0.1) is 13.1 Å². The van der Waals surface area contributed by atoms with Crippen LogP contribution in [0.1, 0.15) is 0 Å². The van der Waals surface area contributed by atoms with E-state index in [2.05, 4.69) is 10.6 Å². The van der Waals surface area contributed by atoms with Crippen molar-refractivity contribution in [3.8, 4) is 5.75 Å². The number of nitrogens with one attached hydrogen (secondary N) is 2. The molecule has 0 radical (unpaired) electrons. The zero-order valence-corrected chi connectivity index (χ0v) is 14.8. The summed E-state index contributed by atoms with van der Waals surface area (Å²) in [7, 11) is 3.96. The summed E-state index contributed by atoms with van der Waals surface area (Å²) in [5.41, 5.74) is 5.77. The van der Waals surface area contributed by atoms with Crippen molar-refractivity contribution in [3.05, 3.63) is 24.3 Å². The predicted molar refractivity (Wildman–Crippen MR) is 95.7 cm³/mol. The minimum Gasteiger partial charge on any atom is -0.492 e. The molecule has 0 atom stereocenters. The lowest BCUT2D eigenvalue weighted by Crippen LogP contribution is -2.36. The van der Waals surface area contributed by atoms with Crippen LogP contribution in [0, 0.1) is 0 Å². The van der Waals surface area contributed by atoms with E-state index in [1.165, 1.54) is 0 Å². The van der Waals surface area contributed by atoms with Crippen LogP contribution in [0.2, 0.25) is 0 Å². The molecule has 0 aliphatic carbocycles. The number of likely N-dealkylation sites (N-methyl/N-ethyl adjacent to an activating group) is 1. The van der Waals surface area contributed by atoms with Gasteiger partial charge in [0.25, 0.3) is 0 Å². The number of hydrogen-bond donors (Lipinski definition) is 3. The molecule has 2 amide bonds. The van der Waals surface area contributed by atoms with Crippen molar-refractivity contribution in [1.29, 1.82) is 0 Å². The first-order chi connectivity index (χ1) is 10.0. The topological polar surface area (TPSA) is 96.7 Å². The van der Waals surface area contributed by atoms with Gasteiger partial charge in [-0.1, -0.05) is 0 Å². The Morgan fingerprint density at radius 2 is 1.74 bits per heavy atom. The molecule has 0 saturated carbocycles. The summed E-state index contributed by atoms with van der Waals surface area (Å²) in [5, 5.41) is 5.06. The number of rotatable bonds is 8. The summed E-state index contributed by atoms with van der Waals surface area (Å²) in [6.07, 6.45) is 0. The molecule has 1 rings (SSSR count). The van der Waals surface area contributed by atoms with Gasteiger partial charge in [-0.25, -0.2) is 0 Å². The van der Waals surface area contributed by atoms with Crippen LogP contribution in [0.3, 0.4) is 0 Å². The minimum absolute atomic E-state index is 0. The lowest BCUT2D eigenvalue weighted by atomic mass is 10.3. The van der Waals surface area contributed by atoms with Gasteiger partial charge in [-0.15, -0.1) is 24.8 Å². The maximum absolute atomic E-state index is 11.6. The number of ether oxygens (including phenoxy) is 1. The molecule has 0 aromatic heterocycles. The molecule has 0 bridgehead atoms. The maximum atomic E-state index is 11.6. The highest BCUT2D eigenvalue weighted by molar-refractivity contribution is 5.94. The largest absolute Gasteiger partial charge is 0.492 e. The van der Waals surface area contributed by atoms with E-state index in [4.69, 9.17) is 10.5 Å². The number of halogens is 2. The van der Waals surface area contributed by atoms with Crippen LogP contribution in [-0.2, 0) is 9.59 Å². The second kappa shape index (κ2) is 13.0. The highest BCUT2D eigenvalue weighted by atomic mass is 35.5. The van der Waals surface area contributed by atoms with Crippen LogP contribution in [-0.4, -0.2) is 57.1 Å². The van der Waals surface area contributed by atoms with Crippen molar-refractivity contribution in [2.75, 3.05) is 45.7 Å². The van der Waals surface area contributed by atoms with Crippen LogP contribution in [0.15, 0.2) is 24.3 Å². The Labute approximate surface area is 148 Å². The molecule has 4 N–H and O–H groups in total. The van der Waals surface area contributed by atoms with E-state index >= 15 is 0 Å². The quantitative estimate of drug-likeness (QED) is 0.621. The molecule has 23 heavy (non-hydrogen) atoms. The molecule has 1 aromatic rings. The van der Waals surface area contributed by atoms with Gasteiger partial charge in [0.2, 0.25) is 11.8 Å². The molecule has 7 nitrogen and oxygen atoms in total. The van der Waals surface area contributed by atoms with Crippen LogP contribution in [0.5, 0.6) is 5.75 Å². The van der Waals surface area contributed by atoms with E-state index in [1.54, 1.807) is 24.3 Å². The van der Waals surface area contributed by atoms with E-state index in [0.717, 1.165) is 12.3 Å². The van der Waals surface area contributed by atoms with Gasteiger partial charge in [-0.2, -0.15) is 0 Å². The maximum Gasteiger partial charge on any atom is 0.243 e. The van der Waals surface area contributed by atoms with Crippen LogP contribution >= 0.6 is 24.8 Å². The van der Waals surface area contributed by atoms with E-state index < -0.39 is 0 Å². The number of anilines is 1. The molecule has 0 aliphatic heterocycles. The smallest absolute Gasteiger partial charge is 0.243 e. The summed E-state index contributed by atoms with van der Waals surface area (Å²) >= 11 is 0. The monoisotopic (exact) mass is 366 g/mol. The van der Waals surface area contributed by atoms with Crippen molar-refractivity contribution in [2.45, 2.75) is 0 Å². The fourth-order valence-corrected chi connectivity index (χ4v) is 1.44. The van der Waals surface area contributed by atoms with Crippen molar-refractivity contribution in [2.24, 2.45) is 5.73 Å². The summed E-state index contributed by atoms with van der Waals surface area (Å²) in [4.78, 5) is 24.5. The Morgan fingerprint density at radius 1 is 1.13 bits per heavy atom. The molecular formula is C14H24Cl2N4O3. The average molecular weight is 367 g/mol. The van der Waals surface area contributed by atoms with E-state index in [0.29, 0.717) is 12.3 Å². The Morgan fingerprint density at radius 3 is 2.26 bits per heavy atom. The molecule has 132 valence electrons. The first-order valence-corrected chi connectivity index (χ1v) is 6.65. The molecular weight excluding hydrogens is 343 g/mol. The Hall–Kier alpha value is -1.54. The van der Waals surface area contributed by atoms with E-state index in [1.807, 2.05) is 19.0 Å². The van der Waals surface area contributed by atoms with Crippen LogP contribution in [0.25, 0.3) is 0 Å². The molecule has 0 unspecified atom stereocenters. The van der Waals surface area contributed by atoms with Crippen molar-refractivity contribution < 1.29 is 14.3 Å². The first kappa shape index (κ1) is 23.7. The number of nitrogens with zero attached hydrogens (tertiary/aromatic N) is 1. The third-order valence-electron chi connectivity index (χ3n) is 2.58. The molecule has 0 aliphatic rings. The molecule has 0 fully saturated rings. The molecule has 0 heterocycles. The summed E-state index contributed by atoms with van der Waals surface area (Å²) in [6, 6.07) is 7.05. The van der Waals surface area contributed by atoms with Gasteiger partial charge >= 0.3 is 0 Å². The number of carbonyl (C=O) groups excluding carboxylic acids is 2. The molecule has 0 saturated heterocycles. The molecule has 9 heteroatoms. The van der Waals surface area contributed by atoms with Gasteiger partial charge in [0.1, 0.15) is 12.4 Å². The number of nitrogens with two attached hydrogens (primary N) is 1. The second-order valence-electron chi connectivity index (χ2n) is 4.71. The highest BCUT2D eigenvalue weighted by Gasteiger charge is 2.04. The predicted octanol–water partition coefficient (Wildman–Crippen LogP) is 0.484. The number of benzene rings is 1. The van der Waals surface area contributed by atoms with Gasteiger partial charge < -0.3 is 26.0 Å². The zero-order valence-electron chi connectivity index (χ0n) is 13.2. The van der Waals surface area contributed by atoms with Crippen molar-refractivity contribution in [3.63, 3.8) is 0 Å². The fraction of sp³-hybridized carbons (Fsp3) is 0.429. The van der Waals surface area contributed by atoms with E-state index in [9.17, 15) is 9.59 Å². The normalized spacial score (nSPS) is 9.39. The van der Waals surface area contributed by atoms with Crippen molar-refractivity contribution >= 4 is 42.3 Å². The number of hydrogen-bond acceptors (Lipinski definition) is 5. The van der Waals surface area contributed by atoms with E-state index in [-0.39, 0.29) is 49.7 Å². The second-order valence-corrected chi connectivity index (χ2v) is 4.71.